The highest BCUT2D eigenvalue weighted by Crippen LogP contribution is 2.19. The standard InChI is InChI=1S/C10H13NO3/c1-4-7(12)8-5(2)9(10(13)14)11-6(8)3/h11H,4H2,1-3H3,(H,13,14). The van der Waals surface area contributed by atoms with E-state index in [0.717, 1.165) is 0 Å². The van der Waals surface area contributed by atoms with Crippen molar-refractivity contribution in [3.05, 3.63) is 22.5 Å². The van der Waals surface area contributed by atoms with Gasteiger partial charge in [0.05, 0.1) is 0 Å². The molecule has 0 saturated carbocycles. The molecule has 0 bridgehead atoms. The monoisotopic (exact) mass is 195 g/mol. The molecule has 0 aliphatic rings. The zero-order valence-electron chi connectivity index (χ0n) is 8.47. The SMILES string of the molecule is CCC(=O)c1c(C)[nH]c(C(=O)O)c1C. The summed E-state index contributed by atoms with van der Waals surface area (Å²) in [7, 11) is 0. The fraction of sp³-hybridized carbons (Fsp3) is 0.400. The highest BCUT2D eigenvalue weighted by molar-refractivity contribution is 6.01. The summed E-state index contributed by atoms with van der Waals surface area (Å²) in [5, 5.41) is 8.82. The quantitative estimate of drug-likeness (QED) is 0.724. The molecular weight excluding hydrogens is 182 g/mol. The lowest BCUT2D eigenvalue weighted by molar-refractivity contribution is 0.0690. The van der Waals surface area contributed by atoms with E-state index in [1.807, 2.05) is 0 Å². The van der Waals surface area contributed by atoms with E-state index >= 15 is 0 Å². The molecule has 0 saturated heterocycles. The number of carbonyl (C=O) groups excluding carboxylic acids is 1. The van der Waals surface area contributed by atoms with Gasteiger partial charge < -0.3 is 10.1 Å². The molecule has 1 rings (SSSR count). The number of hydrogen-bond acceptors (Lipinski definition) is 2. The summed E-state index contributed by atoms with van der Waals surface area (Å²) in [6.45, 7) is 5.12. The summed E-state index contributed by atoms with van der Waals surface area (Å²) in [5.74, 6) is -1.05. The van der Waals surface area contributed by atoms with E-state index in [1.165, 1.54) is 0 Å². The molecule has 1 aromatic rings. The summed E-state index contributed by atoms with van der Waals surface area (Å²) in [4.78, 5) is 24.9. The van der Waals surface area contributed by atoms with Gasteiger partial charge in [-0.15, -0.1) is 0 Å². The Bertz CT molecular complexity index is 390. The molecule has 14 heavy (non-hydrogen) atoms. The number of Topliss-reactive ketones (excluding diaryl/α,β-unsaturated/α-hetero) is 1. The summed E-state index contributed by atoms with van der Waals surface area (Å²) < 4.78 is 0. The molecule has 0 aromatic carbocycles. The lowest BCUT2D eigenvalue weighted by atomic mass is 10.0. The number of nitrogens with one attached hydrogen (secondary N) is 1. The van der Waals surface area contributed by atoms with Gasteiger partial charge in [-0.25, -0.2) is 4.79 Å². The van der Waals surface area contributed by atoms with Crippen molar-refractivity contribution in [3.63, 3.8) is 0 Å². The predicted octanol–water partition coefficient (Wildman–Crippen LogP) is 1.92. The minimum Gasteiger partial charge on any atom is -0.477 e. The maximum Gasteiger partial charge on any atom is 0.352 e. The highest BCUT2D eigenvalue weighted by atomic mass is 16.4. The zero-order valence-corrected chi connectivity index (χ0v) is 8.47. The van der Waals surface area contributed by atoms with Gasteiger partial charge in [-0.2, -0.15) is 0 Å². The maximum atomic E-state index is 11.5. The molecule has 4 heteroatoms. The van der Waals surface area contributed by atoms with E-state index in [1.54, 1.807) is 20.8 Å². The maximum absolute atomic E-state index is 11.5. The molecule has 0 amide bonds. The Labute approximate surface area is 81.9 Å². The topological polar surface area (TPSA) is 70.2 Å². The van der Waals surface area contributed by atoms with Gasteiger partial charge in [0.1, 0.15) is 5.69 Å². The molecule has 4 nitrogen and oxygen atoms in total. The van der Waals surface area contributed by atoms with Crippen molar-refractivity contribution in [1.82, 2.24) is 4.98 Å². The van der Waals surface area contributed by atoms with Crippen LogP contribution >= 0.6 is 0 Å². The van der Waals surface area contributed by atoms with Gasteiger partial charge in [-0.05, 0) is 19.4 Å². The number of rotatable bonds is 3. The second kappa shape index (κ2) is 3.65. The molecule has 0 radical (unpaired) electrons. The second-order valence-corrected chi connectivity index (χ2v) is 3.21. The number of aromatic carboxylic acids is 1. The van der Waals surface area contributed by atoms with Crippen LogP contribution in [0.15, 0.2) is 0 Å². The van der Waals surface area contributed by atoms with E-state index in [-0.39, 0.29) is 11.5 Å². The van der Waals surface area contributed by atoms with Crippen LogP contribution in [-0.2, 0) is 0 Å². The lowest BCUT2D eigenvalue weighted by Crippen LogP contribution is -2.01. The van der Waals surface area contributed by atoms with E-state index < -0.39 is 5.97 Å². The highest BCUT2D eigenvalue weighted by Gasteiger charge is 2.19. The number of ketones is 1. The van der Waals surface area contributed by atoms with E-state index in [4.69, 9.17) is 5.11 Å². The number of aromatic amines is 1. The Kier molecular flexibility index (Phi) is 2.74. The number of H-pyrrole nitrogens is 1. The molecule has 0 atom stereocenters. The van der Waals surface area contributed by atoms with Gasteiger partial charge in [0.25, 0.3) is 0 Å². The molecule has 0 aliphatic heterocycles. The Hall–Kier alpha value is -1.58. The molecule has 1 aromatic heterocycles. The Morgan fingerprint density at radius 2 is 1.93 bits per heavy atom. The Balaban J connectivity index is 3.31. The summed E-state index contributed by atoms with van der Waals surface area (Å²) in [6, 6.07) is 0. The van der Waals surface area contributed by atoms with Crippen LogP contribution in [0.5, 0.6) is 0 Å². The third-order valence-corrected chi connectivity index (χ3v) is 2.25. The molecule has 0 spiro atoms. The largest absolute Gasteiger partial charge is 0.477 e. The summed E-state index contributed by atoms with van der Waals surface area (Å²) >= 11 is 0. The number of aryl methyl sites for hydroxylation is 1. The van der Waals surface area contributed by atoms with Crippen molar-refractivity contribution in [2.75, 3.05) is 0 Å². The smallest absolute Gasteiger partial charge is 0.352 e. The van der Waals surface area contributed by atoms with Crippen LogP contribution in [0.2, 0.25) is 0 Å². The van der Waals surface area contributed by atoms with Crippen molar-refractivity contribution in [2.24, 2.45) is 0 Å². The fourth-order valence-electron chi connectivity index (χ4n) is 1.56. The van der Waals surface area contributed by atoms with Crippen LogP contribution < -0.4 is 0 Å². The second-order valence-electron chi connectivity index (χ2n) is 3.21. The first-order valence-corrected chi connectivity index (χ1v) is 4.44. The molecular formula is C10H13NO3. The third-order valence-electron chi connectivity index (χ3n) is 2.25. The normalized spacial score (nSPS) is 10.2. The first-order valence-electron chi connectivity index (χ1n) is 4.44. The first kappa shape index (κ1) is 10.5. The Morgan fingerprint density at radius 3 is 2.29 bits per heavy atom. The summed E-state index contributed by atoms with van der Waals surface area (Å²) in [6.07, 6.45) is 0.387. The number of aromatic nitrogens is 1. The van der Waals surface area contributed by atoms with Crippen LogP contribution in [0.4, 0.5) is 0 Å². The van der Waals surface area contributed by atoms with Gasteiger partial charge in [0, 0.05) is 17.7 Å². The van der Waals surface area contributed by atoms with Crippen molar-refractivity contribution < 1.29 is 14.7 Å². The fourth-order valence-corrected chi connectivity index (χ4v) is 1.56. The molecule has 0 fully saturated rings. The number of carbonyl (C=O) groups is 2. The van der Waals surface area contributed by atoms with Crippen LogP contribution in [0.3, 0.4) is 0 Å². The van der Waals surface area contributed by atoms with E-state index in [0.29, 0.717) is 23.2 Å². The van der Waals surface area contributed by atoms with Crippen molar-refractivity contribution in [1.29, 1.82) is 0 Å². The van der Waals surface area contributed by atoms with Crippen molar-refractivity contribution in [3.8, 4) is 0 Å². The molecule has 0 aliphatic carbocycles. The average Bonchev–Trinajstić information content (AvgIpc) is 2.41. The van der Waals surface area contributed by atoms with E-state index in [9.17, 15) is 9.59 Å². The average molecular weight is 195 g/mol. The number of hydrogen-bond donors (Lipinski definition) is 2. The Morgan fingerprint density at radius 1 is 1.36 bits per heavy atom. The van der Waals surface area contributed by atoms with E-state index in [2.05, 4.69) is 4.98 Å². The van der Waals surface area contributed by atoms with Gasteiger partial charge >= 0.3 is 5.97 Å². The van der Waals surface area contributed by atoms with Crippen molar-refractivity contribution in [2.45, 2.75) is 27.2 Å². The number of carboxylic acids is 1. The molecule has 2 N–H and O–H groups in total. The molecule has 1 heterocycles. The zero-order chi connectivity index (χ0) is 10.9. The lowest BCUT2D eigenvalue weighted by Gasteiger charge is -1.97. The third kappa shape index (κ3) is 1.55. The predicted molar refractivity (Wildman–Crippen MR) is 51.8 cm³/mol. The van der Waals surface area contributed by atoms with Crippen LogP contribution in [0, 0.1) is 13.8 Å². The minimum atomic E-state index is -1.03. The van der Waals surface area contributed by atoms with Gasteiger partial charge in [-0.3, -0.25) is 4.79 Å². The minimum absolute atomic E-state index is 0.0243. The van der Waals surface area contributed by atoms with Crippen LogP contribution in [-0.4, -0.2) is 21.8 Å². The van der Waals surface area contributed by atoms with Gasteiger partial charge in [0.15, 0.2) is 5.78 Å². The van der Waals surface area contributed by atoms with Gasteiger partial charge in [-0.1, -0.05) is 6.92 Å². The van der Waals surface area contributed by atoms with Crippen LogP contribution in [0.1, 0.15) is 45.4 Å². The molecule has 0 unspecified atom stereocenters. The summed E-state index contributed by atoms with van der Waals surface area (Å²) in [5.41, 5.74) is 1.79. The number of carboxylic acid groups (broad SMARTS) is 1. The molecule has 76 valence electrons. The van der Waals surface area contributed by atoms with Crippen molar-refractivity contribution >= 4 is 11.8 Å². The first-order chi connectivity index (χ1) is 6.49. The van der Waals surface area contributed by atoms with Crippen LogP contribution in [0.25, 0.3) is 0 Å². The van der Waals surface area contributed by atoms with Gasteiger partial charge in [0.2, 0.25) is 0 Å².